The predicted octanol–water partition coefficient (Wildman–Crippen LogP) is 3.83. The zero-order valence-electron chi connectivity index (χ0n) is 24.1. The Hall–Kier alpha value is -4.43. The van der Waals surface area contributed by atoms with Gasteiger partial charge in [-0.3, -0.25) is 20.0 Å². The normalized spacial score (nSPS) is 23.1. The zero-order chi connectivity index (χ0) is 31.5. The number of benzene rings is 1. The molecule has 2 aliphatic heterocycles. The van der Waals surface area contributed by atoms with E-state index in [0.29, 0.717) is 42.2 Å². The molecular weight excluding hydrogens is 565 g/mol. The van der Waals surface area contributed by atoms with Gasteiger partial charge in [0.15, 0.2) is 0 Å². The number of alkyl halides is 3. The van der Waals surface area contributed by atoms with Crippen molar-refractivity contribution >= 4 is 35.2 Å². The minimum absolute atomic E-state index is 0.0189. The van der Waals surface area contributed by atoms with Gasteiger partial charge in [0.2, 0.25) is 0 Å². The van der Waals surface area contributed by atoms with Crippen molar-refractivity contribution in [3.63, 3.8) is 0 Å². The van der Waals surface area contributed by atoms with Crippen LogP contribution in [0.5, 0.6) is 0 Å². The summed E-state index contributed by atoms with van der Waals surface area (Å²) in [5, 5.41) is 10.9. The lowest BCUT2D eigenvalue weighted by Crippen LogP contribution is -2.51. The number of nitrogens with one attached hydrogen (secondary N) is 2. The molecule has 11 nitrogen and oxygen atoms in total. The molecule has 2 aromatic rings. The van der Waals surface area contributed by atoms with Crippen LogP contribution in [0.4, 0.5) is 29.5 Å². The molecule has 1 aromatic heterocycles. The molecule has 230 valence electrons. The maximum atomic E-state index is 13.2. The number of carbonyl (C=O) groups excluding carboxylic acids is 2. The summed E-state index contributed by atoms with van der Waals surface area (Å²) in [7, 11) is 0. The number of urea groups is 1. The fourth-order valence-electron chi connectivity index (χ4n) is 5.66. The summed E-state index contributed by atoms with van der Waals surface area (Å²) in [6.07, 6.45) is -2.43. The molecule has 0 bridgehead atoms. The van der Waals surface area contributed by atoms with Crippen molar-refractivity contribution in [2.75, 3.05) is 30.3 Å². The number of hydrogen-bond donors (Lipinski definition) is 4. The highest BCUT2D eigenvalue weighted by molar-refractivity contribution is 6.00. The number of hydrazone groups is 1. The minimum atomic E-state index is -4.57. The lowest BCUT2D eigenvalue weighted by molar-refractivity contribution is -0.137. The lowest BCUT2D eigenvalue weighted by atomic mass is 9.85. The van der Waals surface area contributed by atoms with Crippen LogP contribution in [0.15, 0.2) is 65.7 Å². The number of rotatable bonds is 8. The van der Waals surface area contributed by atoms with E-state index in [4.69, 9.17) is 16.2 Å². The Morgan fingerprint density at radius 2 is 1.81 bits per heavy atom. The van der Waals surface area contributed by atoms with Gasteiger partial charge in [-0.05, 0) is 56.2 Å². The van der Waals surface area contributed by atoms with Gasteiger partial charge in [0, 0.05) is 31.5 Å². The number of anilines is 2. The van der Waals surface area contributed by atoms with Crippen LogP contribution in [0.3, 0.4) is 0 Å². The van der Waals surface area contributed by atoms with Crippen molar-refractivity contribution in [1.82, 2.24) is 14.9 Å². The summed E-state index contributed by atoms with van der Waals surface area (Å²) in [4.78, 5) is 31.7. The third kappa shape index (κ3) is 7.32. The number of nitrogens with zero attached hydrogens (tertiary/aromatic N) is 4. The second-order valence-corrected chi connectivity index (χ2v) is 10.6. The number of hydrogen-bond acceptors (Lipinski definition) is 8. The molecule has 0 spiro atoms. The maximum Gasteiger partial charge on any atom is 0.416 e. The van der Waals surface area contributed by atoms with E-state index in [2.05, 4.69) is 32.2 Å². The molecule has 4 atom stereocenters. The highest BCUT2D eigenvalue weighted by Crippen LogP contribution is 2.43. The summed E-state index contributed by atoms with van der Waals surface area (Å²) in [5.74, 6) is -0.981. The van der Waals surface area contributed by atoms with Gasteiger partial charge in [-0.25, -0.2) is 9.78 Å². The van der Waals surface area contributed by atoms with Crippen molar-refractivity contribution < 1.29 is 27.5 Å². The fraction of sp³-hybridized carbons (Fsp3) is 0.379. The van der Waals surface area contributed by atoms with Crippen LogP contribution < -0.4 is 22.1 Å². The average Bonchev–Trinajstić information content (AvgIpc) is 3.22. The number of ether oxygens (including phenoxy) is 1. The topological polar surface area (TPSA) is 151 Å². The largest absolute Gasteiger partial charge is 0.416 e. The van der Waals surface area contributed by atoms with Crippen molar-refractivity contribution in [1.29, 1.82) is 0 Å². The van der Waals surface area contributed by atoms with E-state index in [-0.39, 0.29) is 29.5 Å². The quantitative estimate of drug-likeness (QED) is 0.264. The number of pyridine rings is 1. The summed E-state index contributed by atoms with van der Waals surface area (Å²) < 4.78 is 44.9. The average molecular weight is 601 g/mol. The van der Waals surface area contributed by atoms with Crippen LogP contribution in [0.25, 0.3) is 5.57 Å². The summed E-state index contributed by atoms with van der Waals surface area (Å²) >= 11 is 0. The van der Waals surface area contributed by atoms with Gasteiger partial charge in [0.1, 0.15) is 17.9 Å². The first-order valence-corrected chi connectivity index (χ1v) is 13.6. The number of Topliss-reactive ketones (excluding diaryl/α,β-unsaturated/α-hetero) is 1. The van der Waals surface area contributed by atoms with E-state index in [9.17, 15) is 22.8 Å². The van der Waals surface area contributed by atoms with E-state index < -0.39 is 29.7 Å². The third-order valence-corrected chi connectivity index (χ3v) is 7.15. The summed E-state index contributed by atoms with van der Waals surface area (Å²) in [5.41, 5.74) is 13.3. The van der Waals surface area contributed by atoms with Crippen molar-refractivity contribution in [3.8, 4) is 0 Å². The molecule has 14 heteroatoms. The Labute approximate surface area is 247 Å². The van der Waals surface area contributed by atoms with E-state index in [1.165, 1.54) is 6.92 Å². The number of amides is 2. The molecule has 2 aliphatic rings. The molecule has 0 saturated carbocycles. The first-order valence-electron chi connectivity index (χ1n) is 13.6. The number of halogens is 3. The highest BCUT2D eigenvalue weighted by Gasteiger charge is 2.45. The Kier molecular flexibility index (Phi) is 9.40. The third-order valence-electron chi connectivity index (χ3n) is 7.15. The molecule has 0 radical (unpaired) electrons. The fourth-order valence-corrected chi connectivity index (χ4v) is 5.66. The van der Waals surface area contributed by atoms with Crippen LogP contribution in [0, 0.1) is 5.92 Å². The maximum absolute atomic E-state index is 13.2. The van der Waals surface area contributed by atoms with Gasteiger partial charge in [-0.15, -0.1) is 0 Å². The van der Waals surface area contributed by atoms with Crippen LogP contribution in [0.2, 0.25) is 0 Å². The molecule has 1 fully saturated rings. The van der Waals surface area contributed by atoms with E-state index >= 15 is 0 Å². The monoisotopic (exact) mass is 600 g/mol. The van der Waals surface area contributed by atoms with Crippen molar-refractivity contribution in [3.05, 3.63) is 71.7 Å². The first kappa shape index (κ1) is 31.5. The van der Waals surface area contributed by atoms with Gasteiger partial charge in [-0.1, -0.05) is 18.7 Å². The van der Waals surface area contributed by atoms with Gasteiger partial charge in [0.25, 0.3) is 0 Å². The number of nitrogens with two attached hydrogens (primary N) is 2. The molecule has 2 amide bonds. The molecule has 0 aliphatic carbocycles. The van der Waals surface area contributed by atoms with Gasteiger partial charge in [0.05, 0.1) is 41.1 Å². The van der Waals surface area contributed by atoms with Crippen molar-refractivity contribution in [2.45, 2.75) is 45.2 Å². The van der Waals surface area contributed by atoms with Crippen LogP contribution in [-0.4, -0.2) is 70.9 Å². The van der Waals surface area contributed by atoms with Crippen LogP contribution >= 0.6 is 0 Å². The van der Waals surface area contributed by atoms with Crippen LogP contribution in [0.1, 0.15) is 31.9 Å². The molecule has 4 rings (SSSR count). The Balaban J connectivity index is 1.59. The smallest absolute Gasteiger partial charge is 0.397 e. The summed E-state index contributed by atoms with van der Waals surface area (Å²) in [6.45, 7) is 11.3. The van der Waals surface area contributed by atoms with E-state index in [1.54, 1.807) is 29.3 Å². The molecule has 6 N–H and O–H groups in total. The van der Waals surface area contributed by atoms with E-state index in [0.717, 1.165) is 24.7 Å². The SMILES string of the molecule is C=C(N)C1=C(c2ccc(NC(=O)Nc3cc(C(F)(F)F)ccn3)cc2)C(C(C)=O)C(CN2CC(C)OC(C)C2)N1/N=C\N. The number of ketones is 1. The number of carbonyl (C=O) groups is 2. The van der Waals surface area contributed by atoms with Gasteiger partial charge in [-0.2, -0.15) is 18.3 Å². The molecule has 3 heterocycles. The molecule has 43 heavy (non-hydrogen) atoms. The molecule has 1 saturated heterocycles. The highest BCUT2D eigenvalue weighted by atomic mass is 19.4. The second-order valence-electron chi connectivity index (χ2n) is 10.6. The van der Waals surface area contributed by atoms with Crippen LogP contribution in [-0.2, 0) is 15.7 Å². The van der Waals surface area contributed by atoms with Crippen molar-refractivity contribution in [2.24, 2.45) is 22.5 Å². The lowest BCUT2D eigenvalue weighted by Gasteiger charge is -2.39. The van der Waals surface area contributed by atoms with Gasteiger partial charge >= 0.3 is 12.2 Å². The first-order chi connectivity index (χ1) is 20.3. The second kappa shape index (κ2) is 12.8. The Morgan fingerprint density at radius 1 is 1.16 bits per heavy atom. The Morgan fingerprint density at radius 3 is 2.37 bits per heavy atom. The van der Waals surface area contributed by atoms with E-state index in [1.807, 2.05) is 13.8 Å². The number of aromatic nitrogens is 1. The molecule has 1 aromatic carbocycles. The predicted molar refractivity (Wildman–Crippen MR) is 157 cm³/mol. The zero-order valence-corrected chi connectivity index (χ0v) is 24.1. The number of morpholine rings is 1. The Bertz CT molecular complexity index is 1420. The molecular formula is C29H35F3N8O3. The van der Waals surface area contributed by atoms with Gasteiger partial charge < -0.3 is 21.5 Å². The minimum Gasteiger partial charge on any atom is -0.397 e. The summed E-state index contributed by atoms with van der Waals surface area (Å²) in [6, 6.07) is 6.96. The molecule has 4 unspecified atom stereocenters. The standard InChI is InChI=1S/C29H35F3N8O3/c1-16-12-39(13-17(2)43-16)14-23-25(19(4)41)26(27(18(3)34)40(23)36-15-33)20-5-7-22(8-6-20)37-28(42)38-24-11-21(9-10-35-24)29(30,31)32/h5-11,15-17,23,25H,3,12-14,34H2,1-2,4H3,(H2,33,36)(H2,35,37,38,42).